The zero-order valence-corrected chi connectivity index (χ0v) is 12.4. The molecule has 2 unspecified atom stereocenters. The monoisotopic (exact) mass is 262 g/mol. The molecule has 1 aromatic carbocycles. The van der Waals surface area contributed by atoms with E-state index in [2.05, 4.69) is 26.1 Å². The van der Waals surface area contributed by atoms with Crippen LogP contribution in [0.3, 0.4) is 0 Å². The van der Waals surface area contributed by atoms with Crippen LogP contribution in [0.1, 0.15) is 45.7 Å². The minimum atomic E-state index is -0.258. The molecule has 0 aliphatic rings. The molecule has 0 fully saturated rings. The number of rotatable bonds is 6. The Morgan fingerprint density at radius 1 is 1.32 bits per heavy atom. The summed E-state index contributed by atoms with van der Waals surface area (Å²) in [5.41, 5.74) is 7.28. The first-order valence-corrected chi connectivity index (χ1v) is 6.95. The Labute approximate surface area is 116 Å². The Morgan fingerprint density at radius 3 is 2.42 bits per heavy atom. The van der Waals surface area contributed by atoms with E-state index in [0.29, 0.717) is 6.54 Å². The van der Waals surface area contributed by atoms with Gasteiger partial charge in [-0.15, -0.1) is 0 Å². The van der Waals surface area contributed by atoms with Gasteiger partial charge in [0, 0.05) is 12.6 Å². The van der Waals surface area contributed by atoms with Crippen LogP contribution in [0.4, 0.5) is 0 Å². The van der Waals surface area contributed by atoms with Gasteiger partial charge in [0.05, 0.1) is 5.92 Å². The van der Waals surface area contributed by atoms with Gasteiger partial charge in [0.1, 0.15) is 0 Å². The number of nitrogens with two attached hydrogens (primary N) is 1. The smallest absolute Gasteiger partial charge is 0.224 e. The summed E-state index contributed by atoms with van der Waals surface area (Å²) in [6, 6.07) is 9.51. The highest BCUT2D eigenvalue weighted by Gasteiger charge is 2.24. The van der Waals surface area contributed by atoms with Gasteiger partial charge in [0.15, 0.2) is 0 Å². The van der Waals surface area contributed by atoms with Gasteiger partial charge in [-0.1, -0.05) is 58.0 Å². The van der Waals surface area contributed by atoms with Crippen molar-refractivity contribution in [3.05, 3.63) is 35.9 Å². The molecule has 0 saturated carbocycles. The highest BCUT2D eigenvalue weighted by Crippen LogP contribution is 2.21. The van der Waals surface area contributed by atoms with E-state index in [0.717, 1.165) is 12.0 Å². The molecule has 2 atom stereocenters. The second kappa shape index (κ2) is 6.71. The molecule has 3 nitrogen and oxygen atoms in total. The molecule has 0 radical (unpaired) electrons. The zero-order chi connectivity index (χ0) is 14.5. The van der Waals surface area contributed by atoms with Crippen molar-refractivity contribution in [1.29, 1.82) is 0 Å². The molecule has 0 heterocycles. The van der Waals surface area contributed by atoms with Crippen molar-refractivity contribution in [3.63, 3.8) is 0 Å². The molecule has 19 heavy (non-hydrogen) atoms. The van der Waals surface area contributed by atoms with Crippen molar-refractivity contribution in [3.8, 4) is 0 Å². The normalized spacial score (nSPS) is 14.8. The summed E-state index contributed by atoms with van der Waals surface area (Å²) < 4.78 is 0. The van der Waals surface area contributed by atoms with Gasteiger partial charge in [-0.3, -0.25) is 4.79 Å². The van der Waals surface area contributed by atoms with Gasteiger partial charge in [-0.05, 0) is 17.4 Å². The summed E-state index contributed by atoms with van der Waals surface area (Å²) in [4.78, 5) is 12.1. The van der Waals surface area contributed by atoms with Gasteiger partial charge < -0.3 is 11.1 Å². The van der Waals surface area contributed by atoms with E-state index in [1.54, 1.807) is 0 Å². The molecule has 1 amide bonds. The Balaban J connectivity index is 2.58. The van der Waals surface area contributed by atoms with Gasteiger partial charge in [0.2, 0.25) is 5.91 Å². The third kappa shape index (κ3) is 4.67. The number of hydrogen-bond acceptors (Lipinski definition) is 2. The number of nitrogens with one attached hydrogen (secondary N) is 1. The van der Waals surface area contributed by atoms with Crippen LogP contribution in [0, 0.1) is 11.3 Å². The Hall–Kier alpha value is -1.35. The zero-order valence-electron chi connectivity index (χ0n) is 12.4. The highest BCUT2D eigenvalue weighted by atomic mass is 16.1. The van der Waals surface area contributed by atoms with Crippen molar-refractivity contribution >= 4 is 5.91 Å². The lowest BCUT2D eigenvalue weighted by Gasteiger charge is -2.25. The topological polar surface area (TPSA) is 55.1 Å². The Bertz CT molecular complexity index is 400. The lowest BCUT2D eigenvalue weighted by atomic mass is 9.89. The molecule has 0 bridgehead atoms. The standard InChI is InChI=1S/C16H26N2O/c1-5-16(3,4)11-18-15(19)12(2)14(17)13-9-7-6-8-10-13/h6-10,12,14H,5,11,17H2,1-4H3,(H,18,19). The average Bonchev–Trinajstić information content (AvgIpc) is 2.44. The van der Waals surface area contributed by atoms with Crippen molar-refractivity contribution in [2.24, 2.45) is 17.1 Å². The summed E-state index contributed by atoms with van der Waals surface area (Å²) in [5, 5.41) is 3.01. The minimum Gasteiger partial charge on any atom is -0.355 e. The van der Waals surface area contributed by atoms with Crippen LogP contribution in [0.15, 0.2) is 30.3 Å². The first-order chi connectivity index (χ1) is 8.87. The van der Waals surface area contributed by atoms with Crippen LogP contribution >= 0.6 is 0 Å². The van der Waals surface area contributed by atoms with Crippen LogP contribution in [0.2, 0.25) is 0 Å². The predicted octanol–water partition coefficient (Wildman–Crippen LogP) is 2.87. The van der Waals surface area contributed by atoms with Crippen LogP contribution in [0.5, 0.6) is 0 Å². The van der Waals surface area contributed by atoms with E-state index in [1.165, 1.54) is 0 Å². The van der Waals surface area contributed by atoms with Crippen molar-refractivity contribution in [2.75, 3.05) is 6.54 Å². The number of carbonyl (C=O) groups excluding carboxylic acids is 1. The van der Waals surface area contributed by atoms with E-state index in [-0.39, 0.29) is 23.3 Å². The third-order valence-electron chi connectivity index (χ3n) is 3.83. The Morgan fingerprint density at radius 2 is 1.89 bits per heavy atom. The Kier molecular flexibility index (Phi) is 5.55. The summed E-state index contributed by atoms with van der Waals surface area (Å²) in [5.74, 6) is -0.201. The van der Waals surface area contributed by atoms with E-state index in [9.17, 15) is 4.79 Å². The largest absolute Gasteiger partial charge is 0.355 e. The number of hydrogen-bond donors (Lipinski definition) is 2. The molecule has 0 spiro atoms. The molecule has 0 aliphatic heterocycles. The lowest BCUT2D eigenvalue weighted by molar-refractivity contribution is -0.125. The number of carbonyl (C=O) groups is 1. The quantitative estimate of drug-likeness (QED) is 0.828. The molecule has 106 valence electrons. The molecular weight excluding hydrogens is 236 g/mol. The fourth-order valence-electron chi connectivity index (χ4n) is 1.74. The second-order valence-corrected chi connectivity index (χ2v) is 5.96. The minimum absolute atomic E-state index is 0.0258. The van der Waals surface area contributed by atoms with Crippen molar-refractivity contribution < 1.29 is 4.79 Å². The SMILES string of the molecule is CCC(C)(C)CNC(=O)C(C)C(N)c1ccccc1. The fraction of sp³-hybridized carbons (Fsp3) is 0.562. The van der Waals surface area contributed by atoms with Gasteiger partial charge in [-0.25, -0.2) is 0 Å². The van der Waals surface area contributed by atoms with Gasteiger partial charge >= 0.3 is 0 Å². The second-order valence-electron chi connectivity index (χ2n) is 5.96. The first kappa shape index (κ1) is 15.7. The highest BCUT2D eigenvalue weighted by molar-refractivity contribution is 5.79. The molecule has 3 heteroatoms. The summed E-state index contributed by atoms with van der Waals surface area (Å²) in [7, 11) is 0. The molecular formula is C16H26N2O. The molecule has 1 aromatic rings. The summed E-state index contributed by atoms with van der Waals surface area (Å²) >= 11 is 0. The van der Waals surface area contributed by atoms with Crippen LogP contribution in [-0.2, 0) is 4.79 Å². The fourth-order valence-corrected chi connectivity index (χ4v) is 1.74. The van der Waals surface area contributed by atoms with E-state index >= 15 is 0 Å². The lowest BCUT2D eigenvalue weighted by Crippen LogP contribution is -2.40. The predicted molar refractivity (Wildman–Crippen MR) is 79.6 cm³/mol. The maximum absolute atomic E-state index is 12.1. The van der Waals surface area contributed by atoms with E-state index in [4.69, 9.17) is 5.73 Å². The van der Waals surface area contributed by atoms with Crippen LogP contribution in [0.25, 0.3) is 0 Å². The molecule has 0 aromatic heterocycles. The van der Waals surface area contributed by atoms with E-state index < -0.39 is 0 Å². The number of benzene rings is 1. The summed E-state index contributed by atoms with van der Waals surface area (Å²) in [6.07, 6.45) is 1.03. The van der Waals surface area contributed by atoms with Gasteiger partial charge in [0.25, 0.3) is 0 Å². The molecule has 0 saturated heterocycles. The summed E-state index contributed by atoms with van der Waals surface area (Å²) in [6.45, 7) is 9.00. The van der Waals surface area contributed by atoms with Crippen LogP contribution in [-0.4, -0.2) is 12.5 Å². The third-order valence-corrected chi connectivity index (χ3v) is 3.83. The maximum atomic E-state index is 12.1. The molecule has 3 N–H and O–H groups in total. The average molecular weight is 262 g/mol. The molecule has 0 aliphatic carbocycles. The van der Waals surface area contributed by atoms with Gasteiger partial charge in [-0.2, -0.15) is 0 Å². The maximum Gasteiger partial charge on any atom is 0.224 e. The number of amides is 1. The van der Waals surface area contributed by atoms with Crippen LogP contribution < -0.4 is 11.1 Å². The van der Waals surface area contributed by atoms with Crippen molar-refractivity contribution in [2.45, 2.75) is 40.2 Å². The first-order valence-electron chi connectivity index (χ1n) is 6.95. The van der Waals surface area contributed by atoms with E-state index in [1.807, 2.05) is 37.3 Å². The molecule has 1 rings (SSSR count). The van der Waals surface area contributed by atoms with Crippen molar-refractivity contribution in [1.82, 2.24) is 5.32 Å².